The number of carboxylic acid groups (broad SMARTS) is 1. The number of aryl methyl sites for hydroxylation is 1. The van der Waals surface area contributed by atoms with E-state index in [1.54, 1.807) is 18.7 Å². The van der Waals surface area contributed by atoms with Crippen molar-refractivity contribution in [1.29, 1.82) is 0 Å². The first kappa shape index (κ1) is 31.8. The molecule has 1 aliphatic carbocycles. The summed E-state index contributed by atoms with van der Waals surface area (Å²) in [5.74, 6) is 0.925. The summed E-state index contributed by atoms with van der Waals surface area (Å²) in [6.07, 6.45) is 2.46. The van der Waals surface area contributed by atoms with Crippen LogP contribution in [-0.4, -0.2) is 83.0 Å². The number of aliphatic hydroxyl groups is 1. The number of ether oxygens (including phenoxy) is 2. The van der Waals surface area contributed by atoms with Crippen molar-refractivity contribution in [1.82, 2.24) is 9.80 Å². The first-order chi connectivity index (χ1) is 19.9. The molecule has 2 N–H and O–H groups in total. The van der Waals surface area contributed by atoms with Gasteiger partial charge in [0.2, 0.25) is 5.91 Å². The van der Waals surface area contributed by atoms with Gasteiger partial charge in [-0.3, -0.25) is 9.69 Å². The molecule has 2 aromatic carbocycles. The number of rotatable bonds is 10. The lowest BCUT2D eigenvalue weighted by Crippen LogP contribution is -2.53. The highest BCUT2D eigenvalue weighted by atomic mass is 16.5. The Bertz CT molecular complexity index is 1220. The molecule has 9 nitrogen and oxygen atoms in total. The van der Waals surface area contributed by atoms with Gasteiger partial charge in [0.25, 0.3) is 0 Å². The summed E-state index contributed by atoms with van der Waals surface area (Å²) < 4.78 is 11.9. The minimum absolute atomic E-state index is 0.0246. The average Bonchev–Trinajstić information content (AvgIpc) is 2.93. The maximum absolute atomic E-state index is 13.4. The van der Waals surface area contributed by atoms with Crippen molar-refractivity contribution in [2.45, 2.75) is 84.3 Å². The van der Waals surface area contributed by atoms with Crippen LogP contribution >= 0.6 is 0 Å². The van der Waals surface area contributed by atoms with E-state index in [0.717, 1.165) is 54.8 Å². The van der Waals surface area contributed by atoms with E-state index >= 15 is 0 Å². The van der Waals surface area contributed by atoms with E-state index in [4.69, 9.17) is 9.47 Å². The zero-order chi connectivity index (χ0) is 30.4. The largest absolute Gasteiger partial charge is 0.490 e. The van der Waals surface area contributed by atoms with Crippen LogP contribution in [0.4, 0.5) is 10.5 Å². The Morgan fingerprint density at radius 1 is 1.07 bits per heavy atom. The van der Waals surface area contributed by atoms with Crippen molar-refractivity contribution in [3.63, 3.8) is 0 Å². The highest BCUT2D eigenvalue weighted by Gasteiger charge is 2.30. The third-order valence-corrected chi connectivity index (χ3v) is 8.34. The molecule has 1 saturated heterocycles. The fourth-order valence-electron chi connectivity index (χ4n) is 5.92. The predicted molar refractivity (Wildman–Crippen MR) is 163 cm³/mol. The summed E-state index contributed by atoms with van der Waals surface area (Å²) in [6, 6.07) is 14.0. The zero-order valence-corrected chi connectivity index (χ0v) is 25.7. The Balaban J connectivity index is 1.25. The van der Waals surface area contributed by atoms with E-state index < -0.39 is 11.7 Å². The molecule has 0 spiro atoms. The predicted octanol–water partition coefficient (Wildman–Crippen LogP) is 5.07. The second kappa shape index (κ2) is 13.9. The van der Waals surface area contributed by atoms with Gasteiger partial charge in [-0.2, -0.15) is 0 Å². The number of benzene rings is 2. The first-order valence-electron chi connectivity index (χ1n) is 15.0. The van der Waals surface area contributed by atoms with E-state index in [-0.39, 0.29) is 30.6 Å². The van der Waals surface area contributed by atoms with Crippen molar-refractivity contribution < 1.29 is 29.3 Å². The molecule has 2 amide bonds. The Morgan fingerprint density at radius 3 is 2.45 bits per heavy atom. The van der Waals surface area contributed by atoms with Crippen LogP contribution in [0.1, 0.15) is 63.1 Å². The maximum atomic E-state index is 13.4. The number of piperazine rings is 1. The van der Waals surface area contributed by atoms with Gasteiger partial charge in [-0.1, -0.05) is 18.2 Å². The fourth-order valence-corrected chi connectivity index (χ4v) is 5.92. The van der Waals surface area contributed by atoms with E-state index in [9.17, 15) is 19.8 Å². The number of hydrogen-bond acceptors (Lipinski definition) is 6. The van der Waals surface area contributed by atoms with Crippen molar-refractivity contribution in [2.24, 2.45) is 5.92 Å². The monoisotopic (exact) mass is 581 g/mol. The lowest BCUT2D eigenvalue weighted by atomic mass is 9.86. The van der Waals surface area contributed by atoms with Crippen LogP contribution in [0.3, 0.4) is 0 Å². The molecule has 9 heteroatoms. The molecule has 230 valence electrons. The van der Waals surface area contributed by atoms with Crippen LogP contribution in [0.2, 0.25) is 0 Å². The second-order valence-corrected chi connectivity index (χ2v) is 12.6. The average molecular weight is 582 g/mol. The number of carbonyl (C=O) groups is 2. The van der Waals surface area contributed by atoms with Crippen molar-refractivity contribution in [2.75, 3.05) is 38.2 Å². The molecule has 0 unspecified atom stereocenters. The van der Waals surface area contributed by atoms with Crippen LogP contribution in [0.25, 0.3) is 0 Å². The number of hydrogen-bond donors (Lipinski definition) is 2. The van der Waals surface area contributed by atoms with Gasteiger partial charge < -0.3 is 29.5 Å². The lowest BCUT2D eigenvalue weighted by Gasteiger charge is -2.38. The molecule has 42 heavy (non-hydrogen) atoms. The molecule has 0 radical (unpaired) electrons. The number of carbonyl (C=O) groups excluding carboxylic acids is 1. The summed E-state index contributed by atoms with van der Waals surface area (Å²) in [4.78, 5) is 30.4. The number of amides is 2. The summed E-state index contributed by atoms with van der Waals surface area (Å²) in [7, 11) is 1.86. The first-order valence-corrected chi connectivity index (χ1v) is 15.0. The quantitative estimate of drug-likeness (QED) is 0.404. The van der Waals surface area contributed by atoms with Gasteiger partial charge in [0.15, 0.2) is 0 Å². The van der Waals surface area contributed by atoms with Gasteiger partial charge >= 0.3 is 6.09 Å². The fraction of sp³-hybridized carbons (Fsp3) is 0.576. The Kier molecular flexibility index (Phi) is 10.5. The van der Waals surface area contributed by atoms with Crippen LogP contribution in [0.15, 0.2) is 42.5 Å². The van der Waals surface area contributed by atoms with Gasteiger partial charge in [0.05, 0.1) is 24.9 Å². The number of nitrogens with zero attached hydrogens (tertiary/aromatic N) is 3. The smallest absolute Gasteiger partial charge is 0.407 e. The molecule has 1 saturated carbocycles. The van der Waals surface area contributed by atoms with Crippen molar-refractivity contribution in [3.8, 4) is 5.75 Å². The molecule has 4 rings (SSSR count). The van der Waals surface area contributed by atoms with E-state index in [1.165, 1.54) is 10.5 Å². The van der Waals surface area contributed by atoms with Crippen molar-refractivity contribution in [3.05, 3.63) is 59.2 Å². The number of anilines is 1. The summed E-state index contributed by atoms with van der Waals surface area (Å²) in [6.45, 7) is 10.9. The van der Waals surface area contributed by atoms with Gasteiger partial charge in [0.1, 0.15) is 5.75 Å². The van der Waals surface area contributed by atoms with Crippen LogP contribution in [-0.2, 0) is 22.7 Å². The molecule has 0 bridgehead atoms. The molecular formula is C33H47N3O6. The SMILES string of the molecule is Cc1cc(N(C)C(=O)[C@H]2CC[C@H](Oc3cccc(COCC(C)(C)O)c3)CC2)ccc1CN1CCN(C(=O)O)[C@@H](C)C1. The summed E-state index contributed by atoms with van der Waals surface area (Å²) in [5, 5.41) is 19.2. The molecule has 2 aliphatic rings. The van der Waals surface area contributed by atoms with E-state index in [2.05, 4.69) is 24.0 Å². The zero-order valence-electron chi connectivity index (χ0n) is 25.7. The molecule has 2 fully saturated rings. The molecule has 1 atom stereocenters. The van der Waals surface area contributed by atoms with E-state index in [1.807, 2.05) is 44.3 Å². The molecule has 2 aromatic rings. The Morgan fingerprint density at radius 2 is 1.81 bits per heavy atom. The Labute approximate surface area is 250 Å². The minimum atomic E-state index is -0.859. The highest BCUT2D eigenvalue weighted by Crippen LogP contribution is 2.31. The topological polar surface area (TPSA) is 103 Å². The normalized spacial score (nSPS) is 21.7. The Hall–Kier alpha value is -3.14. The standard InChI is InChI=1S/C33H47N3O6/c1-23-17-28(12-9-27(23)20-35-15-16-36(32(38)39)24(2)19-35)34(5)31(37)26-10-13-29(14-11-26)42-30-8-6-7-25(18-30)21-41-22-33(3,4)40/h6-9,12,17-18,24,26,29,40H,10-11,13-16,19-22H2,1-5H3,(H,38,39)/t24-,26-,29-/m0/s1. The van der Waals surface area contributed by atoms with Crippen molar-refractivity contribution >= 4 is 17.7 Å². The van der Waals surface area contributed by atoms with Gasteiger partial charge in [0, 0.05) is 50.9 Å². The molecule has 1 heterocycles. The lowest BCUT2D eigenvalue weighted by molar-refractivity contribution is -0.123. The third kappa shape index (κ3) is 8.69. The molecule has 0 aromatic heterocycles. The molecule has 1 aliphatic heterocycles. The van der Waals surface area contributed by atoms with Gasteiger partial charge in [-0.25, -0.2) is 4.79 Å². The van der Waals surface area contributed by atoms with Crippen LogP contribution < -0.4 is 9.64 Å². The third-order valence-electron chi connectivity index (χ3n) is 8.34. The minimum Gasteiger partial charge on any atom is -0.490 e. The van der Waals surface area contributed by atoms with Crippen LogP contribution in [0.5, 0.6) is 5.75 Å². The maximum Gasteiger partial charge on any atom is 0.407 e. The highest BCUT2D eigenvalue weighted by molar-refractivity contribution is 5.94. The summed E-state index contributed by atoms with van der Waals surface area (Å²) >= 11 is 0. The summed E-state index contributed by atoms with van der Waals surface area (Å²) in [5.41, 5.74) is 3.36. The van der Waals surface area contributed by atoms with E-state index in [0.29, 0.717) is 26.2 Å². The van der Waals surface area contributed by atoms with Gasteiger partial charge in [-0.15, -0.1) is 0 Å². The second-order valence-electron chi connectivity index (χ2n) is 12.6. The van der Waals surface area contributed by atoms with Gasteiger partial charge in [-0.05, 0) is 94.3 Å². The molecular weight excluding hydrogens is 534 g/mol. The van der Waals surface area contributed by atoms with Crippen LogP contribution in [0, 0.1) is 12.8 Å².